The van der Waals surface area contributed by atoms with Gasteiger partial charge in [0, 0.05) is 30.2 Å². The first kappa shape index (κ1) is 14.3. The summed E-state index contributed by atoms with van der Waals surface area (Å²) < 4.78 is 5.60. The number of ether oxygens (including phenoxy) is 1. The first-order valence-corrected chi connectivity index (χ1v) is 6.80. The minimum atomic E-state index is 0.0232. The molecule has 1 N–H and O–H groups in total. The first-order valence-electron chi connectivity index (χ1n) is 6.43. The summed E-state index contributed by atoms with van der Waals surface area (Å²) in [7, 11) is 1.88. The number of amides is 1. The van der Waals surface area contributed by atoms with Crippen LogP contribution in [0.4, 0.5) is 0 Å². The predicted molar refractivity (Wildman–Crippen MR) is 75.8 cm³/mol. The van der Waals surface area contributed by atoms with Gasteiger partial charge in [0.1, 0.15) is 0 Å². The van der Waals surface area contributed by atoms with Gasteiger partial charge in [0.25, 0.3) is 5.91 Å². The second kappa shape index (κ2) is 6.37. The lowest BCUT2D eigenvalue weighted by Crippen LogP contribution is -2.48. The molecule has 104 valence electrons. The van der Waals surface area contributed by atoms with Crippen LogP contribution >= 0.6 is 11.6 Å². The molecule has 1 unspecified atom stereocenters. The highest BCUT2D eigenvalue weighted by Crippen LogP contribution is 2.17. The van der Waals surface area contributed by atoms with Gasteiger partial charge in [-0.3, -0.25) is 4.79 Å². The number of morpholine rings is 1. The Morgan fingerprint density at radius 3 is 3.00 bits per heavy atom. The maximum Gasteiger partial charge on any atom is 0.254 e. The van der Waals surface area contributed by atoms with E-state index in [4.69, 9.17) is 16.3 Å². The lowest BCUT2D eigenvalue weighted by Gasteiger charge is -2.33. The highest BCUT2D eigenvalue weighted by atomic mass is 35.5. The molecule has 2 rings (SSSR count). The van der Waals surface area contributed by atoms with Crippen molar-refractivity contribution in [1.29, 1.82) is 0 Å². The maximum atomic E-state index is 12.4. The summed E-state index contributed by atoms with van der Waals surface area (Å²) in [4.78, 5) is 14.3. The third-order valence-electron chi connectivity index (χ3n) is 3.15. The van der Waals surface area contributed by atoms with Crippen LogP contribution in [0.3, 0.4) is 0 Å². The van der Waals surface area contributed by atoms with E-state index in [1.165, 1.54) is 0 Å². The van der Waals surface area contributed by atoms with E-state index in [2.05, 4.69) is 5.32 Å². The third-order valence-corrected chi connectivity index (χ3v) is 3.37. The van der Waals surface area contributed by atoms with Crippen LogP contribution in [-0.4, -0.2) is 50.2 Å². The molecule has 0 radical (unpaired) electrons. The van der Waals surface area contributed by atoms with Crippen molar-refractivity contribution < 1.29 is 9.53 Å². The first-order chi connectivity index (χ1) is 9.10. The van der Waals surface area contributed by atoms with Crippen LogP contribution in [-0.2, 0) is 4.74 Å². The van der Waals surface area contributed by atoms with Crippen molar-refractivity contribution in [3.63, 3.8) is 0 Å². The molecule has 1 fully saturated rings. The third kappa shape index (κ3) is 3.69. The van der Waals surface area contributed by atoms with E-state index >= 15 is 0 Å². The quantitative estimate of drug-likeness (QED) is 0.918. The number of benzene rings is 1. The molecule has 0 aliphatic carbocycles. The molecule has 1 atom stereocenters. The zero-order valence-electron chi connectivity index (χ0n) is 11.3. The molecule has 1 heterocycles. The van der Waals surface area contributed by atoms with Crippen molar-refractivity contribution in [2.45, 2.75) is 13.0 Å². The van der Waals surface area contributed by atoms with Gasteiger partial charge in [-0.25, -0.2) is 0 Å². The molecule has 0 aromatic heterocycles. The molecule has 0 bridgehead atoms. The van der Waals surface area contributed by atoms with Crippen molar-refractivity contribution in [3.05, 3.63) is 34.3 Å². The zero-order valence-corrected chi connectivity index (χ0v) is 12.0. The second-order valence-corrected chi connectivity index (χ2v) is 5.26. The van der Waals surface area contributed by atoms with Crippen LogP contribution in [0, 0.1) is 6.92 Å². The fourth-order valence-electron chi connectivity index (χ4n) is 2.30. The number of carbonyl (C=O) groups is 1. The number of nitrogens with zero attached hydrogens (tertiary/aromatic N) is 1. The molecule has 1 aromatic carbocycles. The number of likely N-dealkylation sites (N-methyl/N-ethyl adjacent to an activating group) is 1. The SMILES string of the molecule is CNCC1CN(C(=O)c2cc(C)cc(Cl)c2)CCO1. The number of hydrogen-bond donors (Lipinski definition) is 1. The number of hydrogen-bond acceptors (Lipinski definition) is 3. The van der Waals surface area contributed by atoms with E-state index in [1.807, 2.05) is 31.0 Å². The summed E-state index contributed by atoms with van der Waals surface area (Å²) in [5, 5.41) is 3.67. The molecule has 5 heteroatoms. The van der Waals surface area contributed by atoms with Gasteiger partial charge in [0.2, 0.25) is 0 Å². The number of nitrogens with one attached hydrogen (secondary N) is 1. The van der Waals surface area contributed by atoms with Crippen molar-refractivity contribution in [1.82, 2.24) is 10.2 Å². The molecule has 1 amide bonds. The van der Waals surface area contributed by atoms with Crippen LogP contribution in [0.1, 0.15) is 15.9 Å². The van der Waals surface area contributed by atoms with Crippen LogP contribution in [0.2, 0.25) is 5.02 Å². The van der Waals surface area contributed by atoms with Gasteiger partial charge in [0.15, 0.2) is 0 Å². The Labute approximate surface area is 118 Å². The van der Waals surface area contributed by atoms with Gasteiger partial charge < -0.3 is 15.0 Å². The van der Waals surface area contributed by atoms with Crippen LogP contribution in [0.15, 0.2) is 18.2 Å². The number of halogens is 1. The van der Waals surface area contributed by atoms with E-state index in [9.17, 15) is 4.79 Å². The molecule has 1 aromatic rings. The topological polar surface area (TPSA) is 41.6 Å². The molecule has 4 nitrogen and oxygen atoms in total. The summed E-state index contributed by atoms with van der Waals surface area (Å²) in [6, 6.07) is 5.44. The Bertz CT molecular complexity index is 443. The summed E-state index contributed by atoms with van der Waals surface area (Å²) in [6.45, 7) is 4.51. The summed E-state index contributed by atoms with van der Waals surface area (Å²) in [6.07, 6.45) is 0.0583. The van der Waals surface area contributed by atoms with Crippen molar-refractivity contribution >= 4 is 17.5 Å². The zero-order chi connectivity index (χ0) is 13.8. The standard InChI is InChI=1S/C14H19ClN2O2/c1-10-5-11(7-12(15)6-10)14(18)17-3-4-19-13(9-17)8-16-2/h5-7,13,16H,3-4,8-9H2,1-2H3. The molecular formula is C14H19ClN2O2. The van der Waals surface area contributed by atoms with Gasteiger partial charge >= 0.3 is 0 Å². The Hall–Kier alpha value is -1.10. The molecule has 1 saturated heterocycles. The minimum absolute atomic E-state index is 0.0232. The van der Waals surface area contributed by atoms with Crippen molar-refractivity contribution in [2.24, 2.45) is 0 Å². The van der Waals surface area contributed by atoms with E-state index < -0.39 is 0 Å². The summed E-state index contributed by atoms with van der Waals surface area (Å²) in [5.74, 6) is 0.0232. The smallest absolute Gasteiger partial charge is 0.254 e. The lowest BCUT2D eigenvalue weighted by atomic mass is 10.1. The minimum Gasteiger partial charge on any atom is -0.373 e. The van der Waals surface area contributed by atoms with Gasteiger partial charge in [-0.2, -0.15) is 0 Å². The maximum absolute atomic E-state index is 12.4. The normalized spacial score (nSPS) is 19.5. The molecular weight excluding hydrogens is 264 g/mol. The second-order valence-electron chi connectivity index (χ2n) is 4.82. The van der Waals surface area contributed by atoms with E-state index in [0.717, 1.165) is 12.1 Å². The van der Waals surface area contributed by atoms with Crippen LogP contribution in [0.25, 0.3) is 0 Å². The summed E-state index contributed by atoms with van der Waals surface area (Å²) in [5.41, 5.74) is 1.64. The number of carbonyl (C=O) groups excluding carboxylic acids is 1. The van der Waals surface area contributed by atoms with Gasteiger partial charge in [-0.05, 0) is 37.7 Å². The average molecular weight is 283 g/mol. The Balaban J connectivity index is 2.10. The highest BCUT2D eigenvalue weighted by molar-refractivity contribution is 6.31. The fraction of sp³-hybridized carbons (Fsp3) is 0.500. The Kier molecular flexibility index (Phi) is 4.80. The van der Waals surface area contributed by atoms with Gasteiger partial charge in [-0.15, -0.1) is 0 Å². The monoisotopic (exact) mass is 282 g/mol. The fourth-order valence-corrected chi connectivity index (χ4v) is 2.59. The van der Waals surface area contributed by atoms with E-state index in [1.54, 1.807) is 6.07 Å². The number of aryl methyl sites for hydroxylation is 1. The molecule has 0 spiro atoms. The molecule has 1 aliphatic rings. The van der Waals surface area contributed by atoms with Gasteiger partial charge in [0.05, 0.1) is 12.7 Å². The van der Waals surface area contributed by atoms with Crippen LogP contribution in [0.5, 0.6) is 0 Å². The van der Waals surface area contributed by atoms with Crippen molar-refractivity contribution in [3.8, 4) is 0 Å². The average Bonchev–Trinajstić information content (AvgIpc) is 2.37. The summed E-state index contributed by atoms with van der Waals surface area (Å²) >= 11 is 6.01. The highest BCUT2D eigenvalue weighted by Gasteiger charge is 2.24. The molecule has 1 aliphatic heterocycles. The predicted octanol–water partition coefficient (Wildman–Crippen LogP) is 1.71. The number of rotatable bonds is 3. The van der Waals surface area contributed by atoms with E-state index in [0.29, 0.717) is 30.3 Å². The van der Waals surface area contributed by atoms with Crippen molar-refractivity contribution in [2.75, 3.05) is 33.3 Å². The van der Waals surface area contributed by atoms with E-state index in [-0.39, 0.29) is 12.0 Å². The van der Waals surface area contributed by atoms with Gasteiger partial charge in [-0.1, -0.05) is 11.6 Å². The van der Waals surface area contributed by atoms with Crippen LogP contribution < -0.4 is 5.32 Å². The Morgan fingerprint density at radius 2 is 2.32 bits per heavy atom. The Morgan fingerprint density at radius 1 is 1.53 bits per heavy atom. The molecule has 19 heavy (non-hydrogen) atoms. The largest absolute Gasteiger partial charge is 0.373 e. The molecule has 0 saturated carbocycles. The lowest BCUT2D eigenvalue weighted by molar-refractivity contribution is -0.0196.